The molecule has 2 fully saturated rings. The first kappa shape index (κ1) is 13.4. The molecule has 0 radical (unpaired) electrons. The number of fused-ring (bicyclic) bond motifs is 1. The van der Waals surface area contributed by atoms with Crippen LogP contribution in [-0.4, -0.2) is 31.6 Å². The number of nitrogens with one attached hydrogen (secondary N) is 2. The zero-order chi connectivity index (χ0) is 13.8. The topological polar surface area (TPSA) is 50.4 Å². The smallest absolute Gasteiger partial charge is 0.258 e. The van der Waals surface area contributed by atoms with Crippen molar-refractivity contribution in [3.05, 3.63) is 30.3 Å². The van der Waals surface area contributed by atoms with Crippen molar-refractivity contribution in [3.8, 4) is 5.75 Å². The molecular formula is C16H22N2O2. The summed E-state index contributed by atoms with van der Waals surface area (Å²) in [5.74, 6) is 2.29. The van der Waals surface area contributed by atoms with Crippen LogP contribution in [0.25, 0.3) is 0 Å². The van der Waals surface area contributed by atoms with Gasteiger partial charge in [-0.05, 0) is 56.3 Å². The maximum absolute atomic E-state index is 11.9. The lowest BCUT2D eigenvalue weighted by Gasteiger charge is -2.31. The fraction of sp³-hybridized carbons (Fsp3) is 0.562. The number of para-hydroxylation sites is 1. The van der Waals surface area contributed by atoms with Gasteiger partial charge in [0.25, 0.3) is 5.91 Å². The SMILES string of the molecule is O=C(COc1ccccc1)NC1CC[C@H]2CNC[C@H]2C1. The number of benzene rings is 1. The summed E-state index contributed by atoms with van der Waals surface area (Å²) in [6.45, 7) is 2.37. The van der Waals surface area contributed by atoms with Crippen LogP contribution in [0.4, 0.5) is 0 Å². The lowest BCUT2D eigenvalue weighted by molar-refractivity contribution is -0.124. The zero-order valence-electron chi connectivity index (χ0n) is 11.7. The summed E-state index contributed by atoms with van der Waals surface area (Å²) in [6.07, 6.45) is 3.43. The summed E-state index contributed by atoms with van der Waals surface area (Å²) < 4.78 is 5.47. The molecule has 0 aromatic heterocycles. The molecule has 1 unspecified atom stereocenters. The van der Waals surface area contributed by atoms with Crippen LogP contribution in [0.5, 0.6) is 5.75 Å². The van der Waals surface area contributed by atoms with Crippen LogP contribution in [0.3, 0.4) is 0 Å². The van der Waals surface area contributed by atoms with Gasteiger partial charge in [0, 0.05) is 6.04 Å². The molecule has 1 saturated heterocycles. The minimum absolute atomic E-state index is 0.0109. The second-order valence-electron chi connectivity index (χ2n) is 5.86. The Balaban J connectivity index is 1.42. The Hall–Kier alpha value is -1.55. The van der Waals surface area contributed by atoms with E-state index in [1.165, 1.54) is 6.42 Å². The van der Waals surface area contributed by atoms with Gasteiger partial charge in [-0.15, -0.1) is 0 Å². The maximum Gasteiger partial charge on any atom is 0.258 e. The van der Waals surface area contributed by atoms with E-state index in [1.54, 1.807) is 0 Å². The number of hydrogen-bond donors (Lipinski definition) is 2. The molecule has 108 valence electrons. The predicted molar refractivity (Wildman–Crippen MR) is 77.6 cm³/mol. The summed E-state index contributed by atoms with van der Waals surface area (Å²) in [6, 6.07) is 9.79. The highest BCUT2D eigenvalue weighted by atomic mass is 16.5. The Morgan fingerprint density at radius 2 is 2.00 bits per heavy atom. The molecule has 3 atom stereocenters. The zero-order valence-corrected chi connectivity index (χ0v) is 11.7. The summed E-state index contributed by atoms with van der Waals surface area (Å²) in [5, 5.41) is 6.56. The molecule has 2 aliphatic rings. The van der Waals surface area contributed by atoms with Crippen molar-refractivity contribution in [2.24, 2.45) is 11.8 Å². The number of amides is 1. The number of carbonyl (C=O) groups is 1. The molecule has 4 nitrogen and oxygen atoms in total. The molecule has 1 saturated carbocycles. The minimum Gasteiger partial charge on any atom is -0.484 e. The van der Waals surface area contributed by atoms with Crippen LogP contribution in [-0.2, 0) is 4.79 Å². The van der Waals surface area contributed by atoms with E-state index in [2.05, 4.69) is 10.6 Å². The Bertz CT molecular complexity index is 449. The predicted octanol–water partition coefficient (Wildman–Crippen LogP) is 1.57. The molecule has 0 spiro atoms. The summed E-state index contributed by atoms with van der Waals surface area (Å²) in [4.78, 5) is 11.9. The fourth-order valence-electron chi connectivity index (χ4n) is 3.37. The number of hydrogen-bond acceptors (Lipinski definition) is 3. The quantitative estimate of drug-likeness (QED) is 0.876. The molecule has 3 rings (SSSR count). The molecule has 20 heavy (non-hydrogen) atoms. The molecule has 1 aliphatic heterocycles. The van der Waals surface area contributed by atoms with Gasteiger partial charge in [-0.3, -0.25) is 4.79 Å². The highest BCUT2D eigenvalue weighted by Crippen LogP contribution is 2.32. The molecule has 1 heterocycles. The van der Waals surface area contributed by atoms with Crippen molar-refractivity contribution < 1.29 is 9.53 Å². The average molecular weight is 274 g/mol. The Labute approximate surface area is 119 Å². The fourth-order valence-corrected chi connectivity index (χ4v) is 3.37. The average Bonchev–Trinajstić information content (AvgIpc) is 2.94. The van der Waals surface area contributed by atoms with E-state index in [-0.39, 0.29) is 12.5 Å². The van der Waals surface area contributed by atoms with Crippen molar-refractivity contribution in [1.82, 2.24) is 10.6 Å². The van der Waals surface area contributed by atoms with E-state index in [9.17, 15) is 4.79 Å². The van der Waals surface area contributed by atoms with E-state index < -0.39 is 0 Å². The molecule has 1 aromatic rings. The van der Waals surface area contributed by atoms with Gasteiger partial charge in [0.2, 0.25) is 0 Å². The van der Waals surface area contributed by atoms with Crippen molar-refractivity contribution in [3.63, 3.8) is 0 Å². The van der Waals surface area contributed by atoms with Crippen LogP contribution in [0.1, 0.15) is 19.3 Å². The lowest BCUT2D eigenvalue weighted by atomic mass is 9.79. The van der Waals surface area contributed by atoms with Gasteiger partial charge in [-0.2, -0.15) is 0 Å². The molecule has 1 amide bonds. The maximum atomic E-state index is 11.9. The first-order chi connectivity index (χ1) is 9.81. The van der Waals surface area contributed by atoms with Crippen LogP contribution >= 0.6 is 0 Å². The van der Waals surface area contributed by atoms with Gasteiger partial charge in [0.1, 0.15) is 5.75 Å². The van der Waals surface area contributed by atoms with Crippen LogP contribution in [0, 0.1) is 11.8 Å². The molecule has 4 heteroatoms. The summed E-state index contributed by atoms with van der Waals surface area (Å²) in [5.41, 5.74) is 0. The van der Waals surface area contributed by atoms with Gasteiger partial charge in [0.05, 0.1) is 0 Å². The molecule has 2 N–H and O–H groups in total. The number of ether oxygens (including phenoxy) is 1. The highest BCUT2D eigenvalue weighted by Gasteiger charge is 2.34. The summed E-state index contributed by atoms with van der Waals surface area (Å²) >= 11 is 0. The first-order valence-electron chi connectivity index (χ1n) is 7.49. The van der Waals surface area contributed by atoms with Gasteiger partial charge < -0.3 is 15.4 Å². The lowest BCUT2D eigenvalue weighted by Crippen LogP contribution is -2.42. The second kappa shape index (κ2) is 6.27. The molecular weight excluding hydrogens is 252 g/mol. The molecule has 1 aliphatic carbocycles. The Kier molecular flexibility index (Phi) is 4.21. The Morgan fingerprint density at radius 3 is 2.85 bits per heavy atom. The van der Waals surface area contributed by atoms with Crippen molar-refractivity contribution in [2.75, 3.05) is 19.7 Å². The van der Waals surface area contributed by atoms with E-state index in [0.29, 0.717) is 6.04 Å². The summed E-state index contributed by atoms with van der Waals surface area (Å²) in [7, 11) is 0. The minimum atomic E-state index is -0.0109. The van der Waals surface area contributed by atoms with Crippen molar-refractivity contribution >= 4 is 5.91 Å². The largest absolute Gasteiger partial charge is 0.484 e. The van der Waals surface area contributed by atoms with Crippen molar-refractivity contribution in [1.29, 1.82) is 0 Å². The highest BCUT2D eigenvalue weighted by molar-refractivity contribution is 5.77. The van der Waals surface area contributed by atoms with Crippen LogP contribution in [0.15, 0.2) is 30.3 Å². The molecule has 0 bridgehead atoms. The third-order valence-electron chi connectivity index (χ3n) is 4.43. The van der Waals surface area contributed by atoms with E-state index in [0.717, 1.165) is 43.5 Å². The third-order valence-corrected chi connectivity index (χ3v) is 4.43. The molecule has 1 aromatic carbocycles. The van der Waals surface area contributed by atoms with Gasteiger partial charge in [-0.25, -0.2) is 0 Å². The van der Waals surface area contributed by atoms with Gasteiger partial charge in [0.15, 0.2) is 6.61 Å². The van der Waals surface area contributed by atoms with Gasteiger partial charge >= 0.3 is 0 Å². The number of rotatable bonds is 4. The Morgan fingerprint density at radius 1 is 1.20 bits per heavy atom. The standard InChI is InChI=1S/C16H22N2O2/c19-16(11-20-15-4-2-1-3-5-15)18-14-7-6-12-9-17-10-13(12)8-14/h1-5,12-14,17H,6-11H2,(H,18,19)/t12-,13+,14?/m0/s1. The van der Waals surface area contributed by atoms with E-state index >= 15 is 0 Å². The normalized spacial score (nSPS) is 28.7. The second-order valence-corrected chi connectivity index (χ2v) is 5.86. The third kappa shape index (κ3) is 3.31. The van der Waals surface area contributed by atoms with Crippen LogP contribution in [0.2, 0.25) is 0 Å². The monoisotopic (exact) mass is 274 g/mol. The van der Waals surface area contributed by atoms with Crippen molar-refractivity contribution in [2.45, 2.75) is 25.3 Å². The first-order valence-corrected chi connectivity index (χ1v) is 7.49. The van der Waals surface area contributed by atoms with Crippen LogP contribution < -0.4 is 15.4 Å². The van der Waals surface area contributed by atoms with Gasteiger partial charge in [-0.1, -0.05) is 18.2 Å². The van der Waals surface area contributed by atoms with E-state index in [4.69, 9.17) is 4.74 Å². The van der Waals surface area contributed by atoms with E-state index in [1.807, 2.05) is 30.3 Å². The number of carbonyl (C=O) groups excluding carboxylic acids is 1.